The molecule has 1 amide bonds. The van der Waals surface area contributed by atoms with E-state index in [1.165, 1.54) is 6.26 Å². The van der Waals surface area contributed by atoms with Crippen LogP contribution in [0.25, 0.3) is 0 Å². The Morgan fingerprint density at radius 2 is 1.92 bits per heavy atom. The van der Waals surface area contributed by atoms with Crippen molar-refractivity contribution >= 4 is 17.6 Å². The van der Waals surface area contributed by atoms with Gasteiger partial charge in [-0.25, -0.2) is 0 Å². The predicted octanol–water partition coefficient (Wildman–Crippen LogP) is 3.89. The summed E-state index contributed by atoms with van der Waals surface area (Å²) in [5.74, 6) is 0.0277. The van der Waals surface area contributed by atoms with Crippen LogP contribution in [0.2, 0.25) is 0 Å². The van der Waals surface area contributed by atoms with E-state index >= 15 is 0 Å². The Balaban J connectivity index is 2.01. The van der Waals surface area contributed by atoms with E-state index in [4.69, 9.17) is 14.3 Å². The Hall–Kier alpha value is -2.76. The highest BCUT2D eigenvalue weighted by Gasteiger charge is 2.20. The number of carbonyl (C=O) groups excluding carboxylic acids is 1. The summed E-state index contributed by atoms with van der Waals surface area (Å²) < 4.78 is 10.8. The number of anilines is 1. The second-order valence-electron chi connectivity index (χ2n) is 6.30. The second kappa shape index (κ2) is 8.37. The number of amides is 1. The number of carbonyl (C=O) groups is 2. The van der Waals surface area contributed by atoms with Crippen LogP contribution in [0, 0.1) is 12.8 Å². The number of hydrogen-bond acceptors (Lipinski definition) is 4. The largest absolute Gasteiger partial charge is 0.494 e. The van der Waals surface area contributed by atoms with Gasteiger partial charge in [0.1, 0.15) is 17.9 Å². The molecule has 0 saturated carbocycles. The van der Waals surface area contributed by atoms with Crippen molar-refractivity contribution in [2.24, 2.45) is 5.92 Å². The topological polar surface area (TPSA) is 88.8 Å². The second-order valence-corrected chi connectivity index (χ2v) is 6.30. The Morgan fingerprint density at radius 1 is 1.24 bits per heavy atom. The minimum Gasteiger partial charge on any atom is -0.494 e. The maximum Gasteiger partial charge on any atom is 0.311 e. The lowest BCUT2D eigenvalue weighted by molar-refractivity contribution is -0.136. The first-order valence-corrected chi connectivity index (χ1v) is 8.19. The number of rotatable bonds is 8. The fraction of sp³-hybridized carbons (Fsp3) is 0.368. The molecule has 0 radical (unpaired) electrons. The van der Waals surface area contributed by atoms with Gasteiger partial charge in [0.2, 0.25) is 0 Å². The summed E-state index contributed by atoms with van der Waals surface area (Å²) >= 11 is 0. The fourth-order valence-electron chi connectivity index (χ4n) is 2.31. The molecule has 0 unspecified atom stereocenters. The fourth-order valence-corrected chi connectivity index (χ4v) is 2.31. The Kier molecular flexibility index (Phi) is 6.22. The van der Waals surface area contributed by atoms with Crippen molar-refractivity contribution in [3.63, 3.8) is 0 Å². The van der Waals surface area contributed by atoms with Crippen LogP contribution in [-0.4, -0.2) is 23.6 Å². The van der Waals surface area contributed by atoms with Crippen molar-refractivity contribution in [3.05, 3.63) is 47.4 Å². The third kappa shape index (κ3) is 5.38. The Labute approximate surface area is 146 Å². The highest BCUT2D eigenvalue weighted by Crippen LogP contribution is 2.21. The van der Waals surface area contributed by atoms with Gasteiger partial charge in [-0.3, -0.25) is 9.59 Å². The van der Waals surface area contributed by atoms with Crippen LogP contribution in [0.1, 0.15) is 41.9 Å². The molecule has 0 spiro atoms. The van der Waals surface area contributed by atoms with Crippen LogP contribution in [0.4, 0.5) is 5.69 Å². The van der Waals surface area contributed by atoms with Crippen LogP contribution in [0.3, 0.4) is 0 Å². The quantitative estimate of drug-likeness (QED) is 0.757. The van der Waals surface area contributed by atoms with E-state index in [-0.39, 0.29) is 17.7 Å². The molecule has 1 heterocycles. The van der Waals surface area contributed by atoms with E-state index in [1.807, 2.05) is 0 Å². The maximum absolute atomic E-state index is 12.4. The Bertz CT molecular complexity index is 731. The molecule has 2 rings (SSSR count). The molecule has 1 aromatic heterocycles. The first-order valence-electron chi connectivity index (χ1n) is 8.19. The van der Waals surface area contributed by atoms with Crippen molar-refractivity contribution in [1.29, 1.82) is 0 Å². The number of nitrogens with one attached hydrogen (secondary N) is 1. The molecule has 0 atom stereocenters. The molecular weight excluding hydrogens is 322 g/mol. The van der Waals surface area contributed by atoms with E-state index < -0.39 is 11.9 Å². The number of ether oxygens (including phenoxy) is 1. The van der Waals surface area contributed by atoms with Crippen LogP contribution in [0.15, 0.2) is 34.9 Å². The summed E-state index contributed by atoms with van der Waals surface area (Å²) in [6, 6.07) is 7.07. The number of benzene rings is 1. The number of furan rings is 1. The minimum absolute atomic E-state index is 0.149. The Morgan fingerprint density at radius 3 is 2.52 bits per heavy atom. The average Bonchev–Trinajstić information content (AvgIpc) is 2.88. The summed E-state index contributed by atoms with van der Waals surface area (Å²) in [5, 5.41) is 11.7. The molecule has 0 saturated heterocycles. The van der Waals surface area contributed by atoms with Crippen LogP contribution in [0.5, 0.6) is 5.75 Å². The number of carboxylic acids is 1. The van der Waals surface area contributed by atoms with Gasteiger partial charge in [0, 0.05) is 11.3 Å². The zero-order chi connectivity index (χ0) is 18.4. The van der Waals surface area contributed by atoms with Crippen LogP contribution in [-0.2, 0) is 11.2 Å². The predicted molar refractivity (Wildman–Crippen MR) is 94.1 cm³/mol. The molecule has 6 heteroatoms. The van der Waals surface area contributed by atoms with Gasteiger partial charge < -0.3 is 19.6 Å². The van der Waals surface area contributed by atoms with Gasteiger partial charge in [0.15, 0.2) is 0 Å². The minimum atomic E-state index is -1.05. The monoisotopic (exact) mass is 345 g/mol. The summed E-state index contributed by atoms with van der Waals surface area (Å²) in [5.41, 5.74) is 1.46. The lowest BCUT2D eigenvalue weighted by atomic mass is 10.1. The summed E-state index contributed by atoms with van der Waals surface area (Å²) in [6.07, 6.45) is 2.03. The number of carboxylic acid groups (broad SMARTS) is 1. The molecule has 0 bridgehead atoms. The molecular formula is C19H23NO5. The maximum atomic E-state index is 12.4. The molecule has 2 N–H and O–H groups in total. The van der Waals surface area contributed by atoms with Gasteiger partial charge in [-0.05, 0) is 43.5 Å². The van der Waals surface area contributed by atoms with Crippen LogP contribution >= 0.6 is 0 Å². The van der Waals surface area contributed by atoms with Crippen molar-refractivity contribution in [2.75, 3.05) is 11.9 Å². The van der Waals surface area contributed by atoms with E-state index in [0.717, 1.165) is 12.2 Å². The van der Waals surface area contributed by atoms with Gasteiger partial charge in [0.25, 0.3) is 5.91 Å². The lowest BCUT2D eigenvalue weighted by Gasteiger charge is -2.10. The van der Waals surface area contributed by atoms with Gasteiger partial charge >= 0.3 is 5.97 Å². The third-order valence-electron chi connectivity index (χ3n) is 3.67. The molecule has 0 aliphatic heterocycles. The summed E-state index contributed by atoms with van der Waals surface area (Å²) in [6.45, 7) is 6.63. The molecule has 2 aromatic rings. The molecule has 134 valence electrons. The normalized spacial score (nSPS) is 10.7. The summed E-state index contributed by atoms with van der Waals surface area (Å²) in [4.78, 5) is 23.3. The summed E-state index contributed by atoms with van der Waals surface area (Å²) in [7, 11) is 0. The van der Waals surface area contributed by atoms with E-state index in [1.54, 1.807) is 31.2 Å². The van der Waals surface area contributed by atoms with Crippen LogP contribution < -0.4 is 10.1 Å². The lowest BCUT2D eigenvalue weighted by Crippen LogP contribution is -2.15. The van der Waals surface area contributed by atoms with Gasteiger partial charge in [-0.15, -0.1) is 0 Å². The highest BCUT2D eigenvalue weighted by molar-refractivity contribution is 6.06. The molecule has 25 heavy (non-hydrogen) atoms. The van der Waals surface area contributed by atoms with Crippen molar-refractivity contribution in [2.45, 2.75) is 33.6 Å². The molecule has 6 nitrogen and oxygen atoms in total. The first-order chi connectivity index (χ1) is 11.9. The van der Waals surface area contributed by atoms with Crippen molar-refractivity contribution in [1.82, 2.24) is 0 Å². The SMILES string of the molecule is Cc1coc(CC(=O)O)c1C(=O)Nc1ccc(OCCC(C)C)cc1. The molecule has 0 fully saturated rings. The van der Waals surface area contributed by atoms with Crippen molar-refractivity contribution in [3.8, 4) is 5.75 Å². The van der Waals surface area contributed by atoms with E-state index in [2.05, 4.69) is 19.2 Å². The number of aryl methyl sites for hydroxylation is 1. The number of aliphatic carboxylic acids is 1. The number of hydrogen-bond donors (Lipinski definition) is 2. The molecule has 0 aliphatic carbocycles. The zero-order valence-corrected chi connectivity index (χ0v) is 14.7. The standard InChI is InChI=1S/C19H23NO5/c1-12(2)8-9-24-15-6-4-14(5-7-15)20-19(23)18-13(3)11-25-16(18)10-17(21)22/h4-7,11-12H,8-10H2,1-3H3,(H,20,23)(H,21,22). The smallest absolute Gasteiger partial charge is 0.311 e. The van der Waals surface area contributed by atoms with Crippen molar-refractivity contribution < 1.29 is 23.8 Å². The third-order valence-corrected chi connectivity index (χ3v) is 3.67. The molecule has 1 aromatic carbocycles. The van der Waals surface area contributed by atoms with Gasteiger partial charge in [-0.2, -0.15) is 0 Å². The van der Waals surface area contributed by atoms with Gasteiger partial charge in [0.05, 0.1) is 18.4 Å². The van der Waals surface area contributed by atoms with E-state index in [9.17, 15) is 9.59 Å². The zero-order valence-electron chi connectivity index (χ0n) is 14.7. The molecule has 0 aliphatic rings. The average molecular weight is 345 g/mol. The highest BCUT2D eigenvalue weighted by atomic mass is 16.5. The van der Waals surface area contributed by atoms with E-state index in [0.29, 0.717) is 23.8 Å². The van der Waals surface area contributed by atoms with Gasteiger partial charge in [-0.1, -0.05) is 13.8 Å². The first kappa shape index (κ1) is 18.6.